The maximum atomic E-state index is 5.38. The molecule has 1 N–H and O–H groups in total. The summed E-state index contributed by atoms with van der Waals surface area (Å²) in [6.45, 7) is 2.27. The summed E-state index contributed by atoms with van der Waals surface area (Å²) in [5.74, 6) is 1.07. The molecule has 0 saturated carbocycles. The SMILES string of the molecule is CCCCCCCCCCCCC1=CNC=CO1. The Labute approximate surface area is 112 Å². The first-order valence-corrected chi connectivity index (χ1v) is 7.70. The van der Waals surface area contributed by atoms with E-state index in [1.54, 1.807) is 6.26 Å². The van der Waals surface area contributed by atoms with E-state index in [0.29, 0.717) is 0 Å². The first-order valence-electron chi connectivity index (χ1n) is 7.70. The molecule has 0 fully saturated rings. The fraction of sp³-hybridized carbons (Fsp3) is 0.750. The summed E-state index contributed by atoms with van der Waals surface area (Å²) >= 11 is 0. The lowest BCUT2D eigenvalue weighted by molar-refractivity contribution is 0.316. The molecule has 1 heterocycles. The van der Waals surface area contributed by atoms with E-state index in [0.717, 1.165) is 12.2 Å². The van der Waals surface area contributed by atoms with Crippen molar-refractivity contribution in [1.29, 1.82) is 0 Å². The van der Waals surface area contributed by atoms with E-state index < -0.39 is 0 Å². The van der Waals surface area contributed by atoms with Crippen LogP contribution in [-0.2, 0) is 4.74 Å². The standard InChI is InChI=1S/C16H29NO/c1-2-3-4-5-6-7-8-9-10-11-12-16-15-17-13-14-18-16/h13-15,17H,2-12H2,1H3. The first kappa shape index (κ1) is 15.1. The van der Waals surface area contributed by atoms with E-state index in [-0.39, 0.29) is 0 Å². The van der Waals surface area contributed by atoms with Crippen LogP contribution in [0.2, 0.25) is 0 Å². The van der Waals surface area contributed by atoms with Crippen molar-refractivity contribution in [2.24, 2.45) is 0 Å². The highest BCUT2D eigenvalue weighted by Gasteiger charge is 1.99. The smallest absolute Gasteiger partial charge is 0.119 e. The van der Waals surface area contributed by atoms with Gasteiger partial charge < -0.3 is 10.1 Å². The Kier molecular flexibility index (Phi) is 9.41. The fourth-order valence-electron chi connectivity index (χ4n) is 2.25. The molecule has 1 aliphatic rings. The van der Waals surface area contributed by atoms with Gasteiger partial charge in [-0.25, -0.2) is 0 Å². The highest BCUT2D eigenvalue weighted by atomic mass is 16.5. The highest BCUT2D eigenvalue weighted by molar-refractivity contribution is 5.00. The van der Waals surface area contributed by atoms with Crippen molar-refractivity contribution in [3.05, 3.63) is 24.4 Å². The maximum absolute atomic E-state index is 5.38. The molecule has 1 aliphatic heterocycles. The normalized spacial score (nSPS) is 13.9. The molecular weight excluding hydrogens is 222 g/mol. The van der Waals surface area contributed by atoms with E-state index in [1.165, 1.54) is 64.2 Å². The summed E-state index contributed by atoms with van der Waals surface area (Å²) in [5.41, 5.74) is 0. The molecule has 0 aliphatic carbocycles. The Bertz CT molecular complexity index is 245. The van der Waals surface area contributed by atoms with Crippen LogP contribution in [0.3, 0.4) is 0 Å². The van der Waals surface area contributed by atoms with Crippen molar-refractivity contribution in [2.45, 2.75) is 77.6 Å². The zero-order valence-electron chi connectivity index (χ0n) is 11.9. The minimum absolute atomic E-state index is 1.06. The predicted molar refractivity (Wildman–Crippen MR) is 77.9 cm³/mol. The molecule has 0 unspecified atom stereocenters. The molecule has 104 valence electrons. The second kappa shape index (κ2) is 11.2. The molecule has 18 heavy (non-hydrogen) atoms. The first-order chi connectivity index (χ1) is 8.93. The molecule has 1 rings (SSSR count). The van der Waals surface area contributed by atoms with Gasteiger partial charge in [0, 0.05) is 18.8 Å². The third-order valence-electron chi connectivity index (χ3n) is 3.40. The van der Waals surface area contributed by atoms with Crippen LogP contribution in [0.5, 0.6) is 0 Å². The molecule has 2 nitrogen and oxygen atoms in total. The number of hydrogen-bond acceptors (Lipinski definition) is 2. The van der Waals surface area contributed by atoms with E-state index in [9.17, 15) is 0 Å². The van der Waals surface area contributed by atoms with Gasteiger partial charge in [-0.05, 0) is 6.42 Å². The molecule has 0 radical (unpaired) electrons. The molecule has 0 aromatic heterocycles. The Morgan fingerprint density at radius 2 is 1.50 bits per heavy atom. The minimum atomic E-state index is 1.06. The van der Waals surface area contributed by atoms with Crippen LogP contribution in [0, 0.1) is 0 Å². The Morgan fingerprint density at radius 1 is 0.889 bits per heavy atom. The summed E-state index contributed by atoms with van der Waals surface area (Å²) < 4.78 is 5.38. The predicted octanol–water partition coefficient (Wildman–Crippen LogP) is 5.23. The van der Waals surface area contributed by atoms with Crippen molar-refractivity contribution >= 4 is 0 Å². The summed E-state index contributed by atoms with van der Waals surface area (Å²) in [5, 5.41) is 3.05. The monoisotopic (exact) mass is 251 g/mol. The van der Waals surface area contributed by atoms with Crippen LogP contribution in [0.25, 0.3) is 0 Å². The zero-order chi connectivity index (χ0) is 12.9. The topological polar surface area (TPSA) is 21.3 Å². The second-order valence-electron chi connectivity index (χ2n) is 5.13. The average Bonchev–Trinajstić information content (AvgIpc) is 2.42. The van der Waals surface area contributed by atoms with Crippen LogP contribution >= 0.6 is 0 Å². The molecule has 0 amide bonds. The molecule has 0 bridgehead atoms. The molecule has 0 aromatic carbocycles. The number of allylic oxidation sites excluding steroid dienone is 1. The van der Waals surface area contributed by atoms with Gasteiger partial charge in [-0.3, -0.25) is 0 Å². The summed E-state index contributed by atoms with van der Waals surface area (Å²) in [7, 11) is 0. The maximum Gasteiger partial charge on any atom is 0.119 e. The Hall–Kier alpha value is -0.920. The minimum Gasteiger partial charge on any atom is -0.466 e. The third-order valence-corrected chi connectivity index (χ3v) is 3.40. The molecular formula is C16H29NO. The quantitative estimate of drug-likeness (QED) is 0.508. The third kappa shape index (κ3) is 8.21. The molecule has 0 aromatic rings. The summed E-state index contributed by atoms with van der Waals surface area (Å²) in [6.07, 6.45) is 20.4. The van der Waals surface area contributed by atoms with Crippen LogP contribution < -0.4 is 5.32 Å². The molecule has 2 heteroatoms. The Balaban J connectivity index is 1.77. The second-order valence-corrected chi connectivity index (χ2v) is 5.13. The van der Waals surface area contributed by atoms with Crippen LogP contribution in [0.4, 0.5) is 0 Å². The van der Waals surface area contributed by atoms with Crippen LogP contribution in [0.15, 0.2) is 24.4 Å². The zero-order valence-corrected chi connectivity index (χ0v) is 11.9. The van der Waals surface area contributed by atoms with Gasteiger partial charge in [0.25, 0.3) is 0 Å². The van der Waals surface area contributed by atoms with Crippen LogP contribution in [0.1, 0.15) is 77.6 Å². The van der Waals surface area contributed by atoms with Gasteiger partial charge in [-0.2, -0.15) is 0 Å². The molecule has 0 atom stereocenters. The van der Waals surface area contributed by atoms with Gasteiger partial charge in [0.15, 0.2) is 0 Å². The van der Waals surface area contributed by atoms with Gasteiger partial charge in [0.05, 0.1) is 0 Å². The largest absolute Gasteiger partial charge is 0.466 e. The summed E-state index contributed by atoms with van der Waals surface area (Å²) in [4.78, 5) is 0. The fourth-order valence-corrected chi connectivity index (χ4v) is 2.25. The van der Waals surface area contributed by atoms with Crippen molar-refractivity contribution in [3.63, 3.8) is 0 Å². The van der Waals surface area contributed by atoms with Crippen molar-refractivity contribution in [3.8, 4) is 0 Å². The van der Waals surface area contributed by atoms with E-state index in [4.69, 9.17) is 4.74 Å². The number of ether oxygens (including phenoxy) is 1. The lowest BCUT2D eigenvalue weighted by Gasteiger charge is -2.10. The highest BCUT2D eigenvalue weighted by Crippen LogP contribution is 2.14. The average molecular weight is 251 g/mol. The number of nitrogens with one attached hydrogen (secondary N) is 1. The van der Waals surface area contributed by atoms with E-state index in [2.05, 4.69) is 12.2 Å². The Morgan fingerprint density at radius 3 is 2.06 bits per heavy atom. The number of rotatable bonds is 11. The molecule has 0 saturated heterocycles. The number of unbranched alkanes of at least 4 members (excludes halogenated alkanes) is 9. The van der Waals surface area contributed by atoms with Gasteiger partial charge in [-0.15, -0.1) is 0 Å². The van der Waals surface area contributed by atoms with E-state index in [1.807, 2.05) is 12.4 Å². The van der Waals surface area contributed by atoms with Gasteiger partial charge in [0.1, 0.15) is 12.0 Å². The lowest BCUT2D eigenvalue weighted by atomic mass is 10.1. The molecule has 0 spiro atoms. The van der Waals surface area contributed by atoms with Gasteiger partial charge in [-0.1, -0.05) is 64.7 Å². The van der Waals surface area contributed by atoms with Gasteiger partial charge in [0.2, 0.25) is 0 Å². The van der Waals surface area contributed by atoms with E-state index >= 15 is 0 Å². The summed E-state index contributed by atoms with van der Waals surface area (Å²) in [6, 6.07) is 0. The van der Waals surface area contributed by atoms with Crippen LogP contribution in [-0.4, -0.2) is 0 Å². The van der Waals surface area contributed by atoms with Crippen molar-refractivity contribution in [2.75, 3.05) is 0 Å². The van der Waals surface area contributed by atoms with Crippen molar-refractivity contribution < 1.29 is 4.74 Å². The lowest BCUT2D eigenvalue weighted by Crippen LogP contribution is -2.02. The van der Waals surface area contributed by atoms with Gasteiger partial charge >= 0.3 is 0 Å². The number of hydrogen-bond donors (Lipinski definition) is 1. The van der Waals surface area contributed by atoms with Crippen molar-refractivity contribution in [1.82, 2.24) is 5.32 Å².